The Morgan fingerprint density at radius 2 is 2.12 bits per heavy atom. The molecule has 0 radical (unpaired) electrons. The van der Waals surface area contributed by atoms with Gasteiger partial charge in [-0.25, -0.2) is 0 Å². The summed E-state index contributed by atoms with van der Waals surface area (Å²) >= 11 is 0. The molecule has 1 aromatic heterocycles. The van der Waals surface area contributed by atoms with Gasteiger partial charge >= 0.3 is 5.97 Å². The number of carboxylic acid groups (broad SMARTS) is 1. The lowest BCUT2D eigenvalue weighted by atomic mass is 10.2. The molecule has 1 rings (SSSR count). The van der Waals surface area contributed by atoms with E-state index < -0.39 is 5.97 Å². The fourth-order valence-corrected chi connectivity index (χ4v) is 1.41. The summed E-state index contributed by atoms with van der Waals surface area (Å²) in [6, 6.07) is 1.84. The van der Waals surface area contributed by atoms with Gasteiger partial charge in [0.15, 0.2) is 0 Å². The molecule has 17 heavy (non-hydrogen) atoms. The molecule has 0 aliphatic heterocycles. The molecule has 0 atom stereocenters. The van der Waals surface area contributed by atoms with E-state index in [4.69, 9.17) is 5.11 Å². The Morgan fingerprint density at radius 1 is 1.41 bits per heavy atom. The molecule has 1 heterocycles. The average Bonchev–Trinajstić information content (AvgIpc) is 2.67. The topological polar surface area (TPSA) is 84.2 Å². The van der Waals surface area contributed by atoms with Crippen molar-refractivity contribution in [2.24, 2.45) is 7.05 Å². The van der Waals surface area contributed by atoms with Gasteiger partial charge in [0.05, 0.1) is 12.2 Å². The van der Waals surface area contributed by atoms with E-state index in [9.17, 15) is 9.59 Å². The summed E-state index contributed by atoms with van der Waals surface area (Å²) in [6.07, 6.45) is 3.30. The van der Waals surface area contributed by atoms with Gasteiger partial charge in [0, 0.05) is 26.1 Å². The predicted octanol–water partition coefficient (Wildman–Crippen LogP) is 0.681. The highest BCUT2D eigenvalue weighted by molar-refractivity contribution is 5.75. The van der Waals surface area contributed by atoms with E-state index in [0.29, 0.717) is 25.8 Å². The second-order valence-corrected chi connectivity index (χ2v) is 3.82. The number of carbonyl (C=O) groups is 2. The Bertz CT molecular complexity index is 387. The first-order valence-electron chi connectivity index (χ1n) is 5.55. The van der Waals surface area contributed by atoms with Crippen molar-refractivity contribution < 1.29 is 14.7 Å². The molecule has 1 amide bonds. The summed E-state index contributed by atoms with van der Waals surface area (Å²) in [4.78, 5) is 21.7. The van der Waals surface area contributed by atoms with Crippen LogP contribution in [0.4, 0.5) is 0 Å². The van der Waals surface area contributed by atoms with Gasteiger partial charge < -0.3 is 10.4 Å². The number of nitrogens with zero attached hydrogens (tertiary/aromatic N) is 2. The molecule has 0 unspecified atom stereocenters. The van der Waals surface area contributed by atoms with Crippen molar-refractivity contribution in [2.45, 2.75) is 32.2 Å². The summed E-state index contributed by atoms with van der Waals surface area (Å²) in [5, 5.41) is 15.2. The molecule has 1 aromatic rings. The smallest absolute Gasteiger partial charge is 0.303 e. The van der Waals surface area contributed by atoms with Crippen LogP contribution in [0.1, 0.15) is 31.4 Å². The number of amides is 1. The lowest BCUT2D eigenvalue weighted by molar-refractivity contribution is -0.137. The van der Waals surface area contributed by atoms with Crippen molar-refractivity contribution in [3.05, 3.63) is 18.0 Å². The highest BCUT2D eigenvalue weighted by Crippen LogP contribution is 2.00. The van der Waals surface area contributed by atoms with Crippen LogP contribution in [-0.4, -0.2) is 26.8 Å². The summed E-state index contributed by atoms with van der Waals surface area (Å²) in [7, 11) is 1.81. The number of carboxylic acids is 1. The van der Waals surface area contributed by atoms with Gasteiger partial charge in [-0.05, 0) is 18.9 Å². The number of unbranched alkanes of at least 4 members (excludes halogenated alkanes) is 1. The normalized spacial score (nSPS) is 10.2. The molecule has 2 N–H and O–H groups in total. The number of carbonyl (C=O) groups excluding carboxylic acids is 1. The zero-order chi connectivity index (χ0) is 12.7. The Kier molecular flexibility index (Phi) is 5.19. The largest absolute Gasteiger partial charge is 0.481 e. The second-order valence-electron chi connectivity index (χ2n) is 3.82. The van der Waals surface area contributed by atoms with Crippen molar-refractivity contribution in [1.82, 2.24) is 15.1 Å². The third-order valence-electron chi connectivity index (χ3n) is 2.43. The minimum Gasteiger partial charge on any atom is -0.481 e. The number of aliphatic carboxylic acids is 1. The Labute approximate surface area is 99.6 Å². The van der Waals surface area contributed by atoms with Gasteiger partial charge in [-0.1, -0.05) is 0 Å². The van der Waals surface area contributed by atoms with Crippen molar-refractivity contribution in [3.8, 4) is 0 Å². The maximum absolute atomic E-state index is 11.4. The third kappa shape index (κ3) is 5.14. The fraction of sp³-hybridized carbons (Fsp3) is 0.545. The van der Waals surface area contributed by atoms with E-state index in [1.807, 2.05) is 13.1 Å². The standard InChI is InChI=1S/C11H17N3O3/c1-14-9(6-7-13-14)8-12-10(15)4-2-3-5-11(16)17/h6-7H,2-5,8H2,1H3,(H,12,15)(H,16,17). The lowest BCUT2D eigenvalue weighted by Gasteiger charge is -2.05. The van der Waals surface area contributed by atoms with Gasteiger partial charge in [0.2, 0.25) is 5.91 Å². The third-order valence-corrected chi connectivity index (χ3v) is 2.43. The number of aromatic nitrogens is 2. The number of rotatable bonds is 7. The first-order valence-corrected chi connectivity index (χ1v) is 5.55. The van der Waals surface area contributed by atoms with Gasteiger partial charge in [0.1, 0.15) is 0 Å². The Morgan fingerprint density at radius 3 is 2.71 bits per heavy atom. The van der Waals surface area contributed by atoms with Crippen LogP contribution < -0.4 is 5.32 Å². The van der Waals surface area contributed by atoms with Crippen LogP contribution in [-0.2, 0) is 23.2 Å². The molecule has 6 nitrogen and oxygen atoms in total. The number of aryl methyl sites for hydroxylation is 1. The summed E-state index contributed by atoms with van der Waals surface area (Å²) < 4.78 is 1.70. The average molecular weight is 239 g/mol. The minimum absolute atomic E-state index is 0.0587. The highest BCUT2D eigenvalue weighted by atomic mass is 16.4. The van der Waals surface area contributed by atoms with Crippen LogP contribution in [0.3, 0.4) is 0 Å². The zero-order valence-electron chi connectivity index (χ0n) is 9.85. The molecular weight excluding hydrogens is 222 g/mol. The number of nitrogens with one attached hydrogen (secondary N) is 1. The van der Waals surface area contributed by atoms with Crippen molar-refractivity contribution in [2.75, 3.05) is 0 Å². The van der Waals surface area contributed by atoms with Crippen LogP contribution in [0.2, 0.25) is 0 Å². The number of hydrogen-bond acceptors (Lipinski definition) is 3. The van der Waals surface area contributed by atoms with E-state index in [2.05, 4.69) is 10.4 Å². The Hall–Kier alpha value is -1.85. The summed E-state index contributed by atoms with van der Waals surface area (Å²) in [6.45, 7) is 0.453. The molecule has 0 saturated heterocycles. The van der Waals surface area contributed by atoms with Gasteiger partial charge in [0.25, 0.3) is 0 Å². The van der Waals surface area contributed by atoms with Crippen molar-refractivity contribution >= 4 is 11.9 Å². The minimum atomic E-state index is -0.819. The van der Waals surface area contributed by atoms with E-state index in [-0.39, 0.29) is 12.3 Å². The van der Waals surface area contributed by atoms with Gasteiger partial charge in [-0.2, -0.15) is 5.10 Å². The van der Waals surface area contributed by atoms with Crippen LogP contribution in [0.5, 0.6) is 0 Å². The molecule has 6 heteroatoms. The van der Waals surface area contributed by atoms with Crippen LogP contribution in [0.25, 0.3) is 0 Å². The van der Waals surface area contributed by atoms with Crippen LogP contribution in [0.15, 0.2) is 12.3 Å². The van der Waals surface area contributed by atoms with Crippen LogP contribution >= 0.6 is 0 Å². The van der Waals surface area contributed by atoms with Crippen LogP contribution in [0, 0.1) is 0 Å². The van der Waals surface area contributed by atoms with Crippen molar-refractivity contribution in [3.63, 3.8) is 0 Å². The highest BCUT2D eigenvalue weighted by Gasteiger charge is 2.04. The van der Waals surface area contributed by atoms with Crippen molar-refractivity contribution in [1.29, 1.82) is 0 Å². The molecule has 94 valence electrons. The molecule has 0 fully saturated rings. The molecule has 0 aromatic carbocycles. The summed E-state index contributed by atoms with van der Waals surface area (Å²) in [5.74, 6) is -0.878. The van der Waals surface area contributed by atoms with E-state index >= 15 is 0 Å². The molecule has 0 spiro atoms. The van der Waals surface area contributed by atoms with E-state index in [1.54, 1.807) is 10.9 Å². The van der Waals surface area contributed by atoms with Gasteiger partial charge in [-0.3, -0.25) is 14.3 Å². The van der Waals surface area contributed by atoms with E-state index in [1.165, 1.54) is 0 Å². The molecule has 0 aliphatic carbocycles. The monoisotopic (exact) mass is 239 g/mol. The predicted molar refractivity (Wildman–Crippen MR) is 61.2 cm³/mol. The molecule has 0 saturated carbocycles. The summed E-state index contributed by atoms with van der Waals surface area (Å²) in [5.41, 5.74) is 0.934. The number of hydrogen-bond donors (Lipinski definition) is 2. The zero-order valence-corrected chi connectivity index (χ0v) is 9.85. The van der Waals surface area contributed by atoms with Gasteiger partial charge in [-0.15, -0.1) is 0 Å². The molecule has 0 bridgehead atoms. The Balaban J connectivity index is 2.13. The maximum atomic E-state index is 11.4. The molecular formula is C11H17N3O3. The quantitative estimate of drug-likeness (QED) is 0.685. The SMILES string of the molecule is Cn1nccc1CNC(=O)CCCCC(=O)O. The second kappa shape index (κ2) is 6.67. The van der Waals surface area contributed by atoms with E-state index in [0.717, 1.165) is 5.69 Å². The fourth-order valence-electron chi connectivity index (χ4n) is 1.41. The molecule has 0 aliphatic rings. The first-order chi connectivity index (χ1) is 8.09. The maximum Gasteiger partial charge on any atom is 0.303 e. The first kappa shape index (κ1) is 13.2. The lowest BCUT2D eigenvalue weighted by Crippen LogP contribution is -2.23.